The summed E-state index contributed by atoms with van der Waals surface area (Å²) < 4.78 is 2.44. The third-order valence-corrected chi connectivity index (χ3v) is 3.78. The molecule has 0 N–H and O–H groups in total. The zero-order chi connectivity index (χ0) is 9.80. The molecular weight excluding hydrogens is 192 g/mol. The Morgan fingerprint density at radius 3 is 2.57 bits per heavy atom. The summed E-state index contributed by atoms with van der Waals surface area (Å²) in [6, 6.07) is 0. The number of hydrogen-bond donors (Lipinski definition) is 0. The van der Waals surface area contributed by atoms with Crippen LogP contribution in [0, 0.1) is 0 Å². The summed E-state index contributed by atoms with van der Waals surface area (Å²) in [5, 5.41) is 0. The first-order chi connectivity index (χ1) is 6.90. The Balaban J connectivity index is 1.88. The number of nitrogens with zero attached hydrogens (tertiary/aromatic N) is 2. The molecule has 2 nitrogen and oxygen atoms in total. The van der Waals surface area contributed by atoms with Crippen LogP contribution in [0.2, 0.25) is 0 Å². The van der Waals surface area contributed by atoms with Gasteiger partial charge in [0.25, 0.3) is 0 Å². The van der Waals surface area contributed by atoms with Crippen molar-refractivity contribution in [2.75, 3.05) is 32.4 Å². The Labute approximate surface area is 90.8 Å². The second-order valence-corrected chi connectivity index (χ2v) is 4.61. The first-order valence-electron chi connectivity index (χ1n) is 5.30. The van der Waals surface area contributed by atoms with Crippen molar-refractivity contribution in [1.82, 2.24) is 9.21 Å². The number of hydrogen-bond acceptors (Lipinski definition) is 3. The normalized spacial score (nSPS) is 23.8. The molecule has 0 saturated carbocycles. The largest absolute Gasteiger partial charge is 0.372 e. The smallest absolute Gasteiger partial charge is 0.0312 e. The average molecular weight is 210 g/mol. The van der Waals surface area contributed by atoms with Crippen LogP contribution < -0.4 is 0 Å². The Kier molecular flexibility index (Phi) is 3.54. The predicted molar refractivity (Wildman–Crippen MR) is 63.1 cm³/mol. The van der Waals surface area contributed by atoms with E-state index < -0.39 is 0 Å². The van der Waals surface area contributed by atoms with E-state index in [-0.39, 0.29) is 0 Å². The van der Waals surface area contributed by atoms with Crippen molar-refractivity contribution in [2.24, 2.45) is 0 Å². The van der Waals surface area contributed by atoms with E-state index in [1.165, 1.54) is 44.7 Å². The van der Waals surface area contributed by atoms with Gasteiger partial charge in [-0.05, 0) is 25.2 Å². The second kappa shape index (κ2) is 4.89. The lowest BCUT2D eigenvalue weighted by molar-refractivity contribution is 0.234. The number of piperazine rings is 1. The lowest BCUT2D eigenvalue weighted by Crippen LogP contribution is -2.42. The molecule has 0 unspecified atom stereocenters. The predicted octanol–water partition coefficient (Wildman–Crippen LogP) is 2.12. The molecule has 2 rings (SSSR count). The summed E-state index contributed by atoms with van der Waals surface area (Å²) in [6.07, 6.45) is 11.3. The minimum atomic E-state index is 1.19. The van der Waals surface area contributed by atoms with Gasteiger partial charge in [-0.25, -0.2) is 4.31 Å². The molecule has 0 spiro atoms. The molecule has 0 aromatic heterocycles. The number of allylic oxidation sites excluding steroid dienone is 4. The van der Waals surface area contributed by atoms with Gasteiger partial charge in [0.1, 0.15) is 0 Å². The fraction of sp³-hybridized carbons (Fsp3) is 0.636. The molecule has 0 amide bonds. The van der Waals surface area contributed by atoms with E-state index in [0.29, 0.717) is 0 Å². The maximum atomic E-state index is 2.54. The van der Waals surface area contributed by atoms with Gasteiger partial charge in [-0.2, -0.15) is 0 Å². The van der Waals surface area contributed by atoms with Gasteiger partial charge in [0.05, 0.1) is 0 Å². The number of rotatable bonds is 2. The van der Waals surface area contributed by atoms with Gasteiger partial charge < -0.3 is 4.90 Å². The SMILES string of the molecule is CSN1CCN(C2=CC=CCC2)CC1. The highest BCUT2D eigenvalue weighted by Crippen LogP contribution is 2.19. The molecule has 2 aliphatic rings. The molecule has 1 saturated heterocycles. The Hall–Kier alpha value is -0.410. The van der Waals surface area contributed by atoms with Crippen molar-refractivity contribution in [1.29, 1.82) is 0 Å². The van der Waals surface area contributed by atoms with Crippen molar-refractivity contribution < 1.29 is 0 Å². The van der Waals surface area contributed by atoms with E-state index in [9.17, 15) is 0 Å². The van der Waals surface area contributed by atoms with Gasteiger partial charge in [-0.3, -0.25) is 0 Å². The molecule has 1 aliphatic carbocycles. The lowest BCUT2D eigenvalue weighted by atomic mass is 10.1. The van der Waals surface area contributed by atoms with Crippen molar-refractivity contribution >= 4 is 11.9 Å². The van der Waals surface area contributed by atoms with Gasteiger partial charge in [0.15, 0.2) is 0 Å². The standard InChI is InChI=1S/C11H18N2S/c1-14-13-9-7-12(8-10-13)11-5-3-2-4-6-11/h2-3,5H,4,6-10H2,1H3. The minimum absolute atomic E-state index is 1.19. The Morgan fingerprint density at radius 1 is 1.21 bits per heavy atom. The van der Waals surface area contributed by atoms with Gasteiger partial charge in [-0.1, -0.05) is 24.1 Å². The van der Waals surface area contributed by atoms with Gasteiger partial charge >= 0.3 is 0 Å². The zero-order valence-electron chi connectivity index (χ0n) is 8.78. The average Bonchev–Trinajstić information content (AvgIpc) is 2.30. The molecule has 1 heterocycles. The van der Waals surface area contributed by atoms with Gasteiger partial charge in [-0.15, -0.1) is 0 Å². The molecule has 0 aromatic rings. The summed E-state index contributed by atoms with van der Waals surface area (Å²) in [7, 11) is 0. The third kappa shape index (κ3) is 2.34. The molecule has 0 bridgehead atoms. The maximum Gasteiger partial charge on any atom is 0.0312 e. The highest BCUT2D eigenvalue weighted by Gasteiger charge is 2.17. The van der Waals surface area contributed by atoms with Crippen molar-refractivity contribution in [3.63, 3.8) is 0 Å². The Morgan fingerprint density at radius 2 is 2.00 bits per heavy atom. The molecule has 78 valence electrons. The first-order valence-corrected chi connectivity index (χ1v) is 6.48. The molecule has 1 aliphatic heterocycles. The quantitative estimate of drug-likeness (QED) is 0.645. The zero-order valence-corrected chi connectivity index (χ0v) is 9.59. The van der Waals surface area contributed by atoms with Crippen LogP contribution in [0.25, 0.3) is 0 Å². The summed E-state index contributed by atoms with van der Waals surface area (Å²) in [4.78, 5) is 2.54. The summed E-state index contributed by atoms with van der Waals surface area (Å²) in [5.41, 5.74) is 1.54. The molecule has 14 heavy (non-hydrogen) atoms. The Bertz CT molecular complexity index is 240. The topological polar surface area (TPSA) is 6.48 Å². The highest BCUT2D eigenvalue weighted by atomic mass is 32.2. The third-order valence-electron chi connectivity index (χ3n) is 2.89. The van der Waals surface area contributed by atoms with Gasteiger partial charge in [0, 0.05) is 31.9 Å². The van der Waals surface area contributed by atoms with Crippen LogP contribution in [0.15, 0.2) is 23.9 Å². The van der Waals surface area contributed by atoms with Crippen LogP contribution in [-0.2, 0) is 0 Å². The van der Waals surface area contributed by atoms with Crippen LogP contribution in [-0.4, -0.2) is 41.6 Å². The molecule has 1 fully saturated rings. The van der Waals surface area contributed by atoms with E-state index in [1.54, 1.807) is 0 Å². The molecule has 0 atom stereocenters. The van der Waals surface area contributed by atoms with E-state index in [0.717, 1.165) is 0 Å². The maximum absolute atomic E-state index is 2.54. The minimum Gasteiger partial charge on any atom is -0.372 e. The highest BCUT2D eigenvalue weighted by molar-refractivity contribution is 7.96. The van der Waals surface area contributed by atoms with E-state index in [2.05, 4.69) is 33.7 Å². The van der Waals surface area contributed by atoms with Crippen molar-refractivity contribution in [2.45, 2.75) is 12.8 Å². The summed E-state index contributed by atoms with van der Waals surface area (Å²) in [6.45, 7) is 4.78. The summed E-state index contributed by atoms with van der Waals surface area (Å²) in [5.74, 6) is 0. The van der Waals surface area contributed by atoms with Crippen LogP contribution >= 0.6 is 11.9 Å². The molecule has 0 radical (unpaired) electrons. The summed E-state index contributed by atoms with van der Waals surface area (Å²) >= 11 is 1.87. The van der Waals surface area contributed by atoms with Crippen LogP contribution in [0.1, 0.15) is 12.8 Å². The fourth-order valence-electron chi connectivity index (χ4n) is 2.01. The first kappa shape index (κ1) is 10.1. The van der Waals surface area contributed by atoms with Crippen LogP contribution in [0.5, 0.6) is 0 Å². The van der Waals surface area contributed by atoms with Gasteiger partial charge in [0.2, 0.25) is 0 Å². The second-order valence-electron chi connectivity index (χ2n) is 3.72. The van der Waals surface area contributed by atoms with E-state index in [1.807, 2.05) is 11.9 Å². The monoisotopic (exact) mass is 210 g/mol. The van der Waals surface area contributed by atoms with Crippen LogP contribution in [0.4, 0.5) is 0 Å². The molecule has 3 heteroatoms. The lowest BCUT2D eigenvalue weighted by Gasteiger charge is -2.36. The van der Waals surface area contributed by atoms with Crippen molar-refractivity contribution in [3.8, 4) is 0 Å². The fourth-order valence-corrected chi connectivity index (χ4v) is 2.54. The van der Waals surface area contributed by atoms with Crippen molar-refractivity contribution in [3.05, 3.63) is 23.9 Å². The van der Waals surface area contributed by atoms with E-state index >= 15 is 0 Å². The molecular formula is C11H18N2S. The van der Waals surface area contributed by atoms with E-state index in [4.69, 9.17) is 0 Å². The van der Waals surface area contributed by atoms with Crippen LogP contribution in [0.3, 0.4) is 0 Å². The molecule has 0 aromatic carbocycles.